The number of hydrogen-bond donors (Lipinski definition) is 4. The van der Waals surface area contributed by atoms with Crippen molar-refractivity contribution in [2.45, 2.75) is 136 Å². The van der Waals surface area contributed by atoms with Crippen molar-refractivity contribution in [1.29, 1.82) is 0 Å². The maximum Gasteiger partial charge on any atom is 0.490 e. The number of halogens is 3. The Morgan fingerprint density at radius 3 is 1.99 bits per heavy atom. The minimum atomic E-state index is -5.08. The Bertz CT molecular complexity index is 2240. The zero-order valence-electron chi connectivity index (χ0n) is 44.8. The molecule has 21 heteroatoms. The topological polar surface area (TPSA) is 211 Å². The second-order valence-corrected chi connectivity index (χ2v) is 20.6. The molecule has 0 bridgehead atoms. The average Bonchev–Trinajstić information content (AvgIpc) is 4.08. The molecule has 412 valence electrons. The summed E-state index contributed by atoms with van der Waals surface area (Å²) in [6, 6.07) is 14.8. The van der Waals surface area contributed by atoms with Gasteiger partial charge in [0.15, 0.2) is 0 Å². The highest BCUT2D eigenvalue weighted by atomic mass is 32.1. The molecule has 3 aromatic rings. The predicted molar refractivity (Wildman–Crippen MR) is 278 cm³/mol. The lowest BCUT2D eigenvalue weighted by Crippen LogP contribution is -2.60. The first kappa shape index (κ1) is 62.7. The Morgan fingerprint density at radius 1 is 0.865 bits per heavy atom. The molecule has 2 aromatic carbocycles. The number of anilines is 1. The van der Waals surface area contributed by atoms with Gasteiger partial charge in [0.25, 0.3) is 0 Å². The van der Waals surface area contributed by atoms with Gasteiger partial charge in [-0.15, -0.1) is 11.3 Å². The first-order chi connectivity index (χ1) is 34.8. The highest BCUT2D eigenvalue weighted by Crippen LogP contribution is 2.31. The molecule has 1 saturated heterocycles. The number of likely N-dealkylation sites (N-methyl/N-ethyl adjacent to an activating group) is 2. The van der Waals surface area contributed by atoms with E-state index in [0.29, 0.717) is 44.5 Å². The van der Waals surface area contributed by atoms with E-state index in [0.717, 1.165) is 27.5 Å². The molecule has 1 fully saturated rings. The molecule has 2 heterocycles. The van der Waals surface area contributed by atoms with Crippen molar-refractivity contribution in [3.8, 4) is 0 Å². The van der Waals surface area contributed by atoms with E-state index in [1.165, 1.54) is 18.4 Å². The van der Waals surface area contributed by atoms with Crippen molar-refractivity contribution in [1.82, 2.24) is 30.3 Å². The number of carbonyl (C=O) groups is 6. The molecule has 1 aliphatic rings. The van der Waals surface area contributed by atoms with Gasteiger partial charge in [-0.25, -0.2) is 14.6 Å². The number of benzene rings is 2. The van der Waals surface area contributed by atoms with Gasteiger partial charge >= 0.3 is 18.2 Å². The second-order valence-electron chi connectivity index (χ2n) is 19.7. The van der Waals surface area contributed by atoms with Crippen LogP contribution < -0.4 is 15.5 Å². The van der Waals surface area contributed by atoms with Gasteiger partial charge in [-0.2, -0.15) is 13.2 Å². The molecular formula is C53H78F3N7O10S. The predicted octanol–water partition coefficient (Wildman–Crippen LogP) is 7.55. The number of hydrogen-bond acceptors (Lipinski definition) is 11. The molecule has 0 radical (unpaired) electrons. The largest absolute Gasteiger partial charge is 0.490 e. The maximum absolute atomic E-state index is 14.7. The fourth-order valence-corrected chi connectivity index (χ4v) is 10.2. The van der Waals surface area contributed by atoms with Crippen LogP contribution in [0.2, 0.25) is 0 Å². The highest BCUT2D eigenvalue weighted by Gasteiger charge is 2.44. The molecule has 1 aliphatic heterocycles. The Kier molecular flexibility index (Phi) is 24.9. The molecule has 1 aromatic heterocycles. The number of nitrogens with one attached hydrogen (secondary N) is 2. The molecule has 74 heavy (non-hydrogen) atoms. The maximum atomic E-state index is 14.7. The fraction of sp³-hybridized carbons (Fsp3) is 0.604. The smallest absolute Gasteiger partial charge is 0.475 e. The second kappa shape index (κ2) is 29.5. The van der Waals surface area contributed by atoms with Gasteiger partial charge in [-0.1, -0.05) is 97.4 Å². The summed E-state index contributed by atoms with van der Waals surface area (Å²) in [6.45, 7) is 14.8. The zero-order chi connectivity index (χ0) is 55.6. The number of aliphatic carboxylic acids is 1. The van der Waals surface area contributed by atoms with E-state index in [4.69, 9.17) is 19.4 Å². The molecule has 0 saturated carbocycles. The lowest BCUT2D eigenvalue weighted by Gasteiger charge is -2.41. The number of methoxy groups -OCH3 is 2. The monoisotopic (exact) mass is 1060 g/mol. The summed E-state index contributed by atoms with van der Waals surface area (Å²) in [5.41, 5.74) is 2.65. The molecular weight excluding hydrogens is 984 g/mol. The third kappa shape index (κ3) is 17.8. The Labute approximate surface area is 438 Å². The van der Waals surface area contributed by atoms with Gasteiger partial charge in [0.2, 0.25) is 23.6 Å². The molecule has 5 amide bonds. The van der Waals surface area contributed by atoms with Crippen LogP contribution >= 0.6 is 11.3 Å². The van der Waals surface area contributed by atoms with Crippen molar-refractivity contribution in [2.24, 2.45) is 23.7 Å². The van der Waals surface area contributed by atoms with Crippen LogP contribution in [0.4, 0.5) is 23.7 Å². The van der Waals surface area contributed by atoms with Gasteiger partial charge in [0.1, 0.15) is 11.0 Å². The quantitative estimate of drug-likeness (QED) is 0.0648. The average molecular weight is 1060 g/mol. The summed E-state index contributed by atoms with van der Waals surface area (Å²) >= 11 is 1.50. The lowest BCUT2D eigenvalue weighted by molar-refractivity contribution is -0.192. The number of aromatic nitrogens is 1. The van der Waals surface area contributed by atoms with Crippen molar-refractivity contribution in [3.05, 3.63) is 82.3 Å². The number of amides is 5. The lowest BCUT2D eigenvalue weighted by atomic mass is 9.89. The van der Waals surface area contributed by atoms with Crippen molar-refractivity contribution >= 4 is 52.7 Å². The summed E-state index contributed by atoms with van der Waals surface area (Å²) in [5.74, 6) is -4.54. The first-order valence-electron chi connectivity index (χ1n) is 25.0. The van der Waals surface area contributed by atoms with E-state index in [1.54, 1.807) is 44.5 Å². The number of rotatable bonds is 25. The summed E-state index contributed by atoms with van der Waals surface area (Å²) in [6.07, 6.45) is -2.24. The van der Waals surface area contributed by atoms with Crippen LogP contribution in [0.5, 0.6) is 0 Å². The molecule has 4 N–H and O–H groups in total. The standard InChI is InChI=1S/C51H77N7O8S.C2HF3O2/c1-13-34(6)45(57(10)50(62)43(32(2)3)54-48(61)44(33(4)5)55(8)28-25-36-21-23-38(24-22-36)56(9)51(63)64)41(65-11)31-42(59)58-27-17-20-40(58)46(66-12)35(7)47(60)53-39(49-52-26-29-67-49)30-37-18-15-14-16-19-37;3-2(4,5)1(6)7/h14-16,18-19,21-24,26,29,32-35,39-41,43-46H,13,17,20,25,27-28,30-31H2,1-12H3,(H,53,60)(H,54,61)(H,63,64);(H,6,7)/t34-,35+,39-,40-,41+,43-,44-,45-,46+;/m0./s1. The molecule has 0 unspecified atom stereocenters. The van der Waals surface area contributed by atoms with E-state index < -0.39 is 54.5 Å². The number of carboxylic acids is 1. The normalized spacial score (nSPS) is 17.0. The summed E-state index contributed by atoms with van der Waals surface area (Å²) in [7, 11) is 8.29. The minimum Gasteiger partial charge on any atom is -0.475 e. The highest BCUT2D eigenvalue weighted by molar-refractivity contribution is 7.09. The number of thiazole rings is 1. The minimum absolute atomic E-state index is 0.0117. The number of carboxylic acid groups (broad SMARTS) is 2. The Morgan fingerprint density at radius 2 is 1.49 bits per heavy atom. The fourth-order valence-electron chi connectivity index (χ4n) is 9.49. The van der Waals surface area contributed by atoms with E-state index in [-0.39, 0.29) is 59.9 Å². The number of nitrogens with zero attached hydrogens (tertiary/aromatic N) is 5. The molecule has 0 spiro atoms. The van der Waals surface area contributed by atoms with Gasteiger partial charge in [-0.05, 0) is 73.7 Å². The van der Waals surface area contributed by atoms with Crippen molar-refractivity contribution in [2.75, 3.05) is 53.4 Å². The Hall–Kier alpha value is -5.64. The molecule has 4 rings (SSSR count). The summed E-state index contributed by atoms with van der Waals surface area (Å²) < 4.78 is 43.9. The van der Waals surface area contributed by atoms with E-state index in [2.05, 4.69) is 15.6 Å². The summed E-state index contributed by atoms with van der Waals surface area (Å²) in [4.78, 5) is 88.8. The van der Waals surface area contributed by atoms with Crippen LogP contribution in [0.25, 0.3) is 0 Å². The van der Waals surface area contributed by atoms with E-state index >= 15 is 0 Å². The van der Waals surface area contributed by atoms with Gasteiger partial charge in [0, 0.05) is 58.7 Å². The molecule has 0 aliphatic carbocycles. The van der Waals surface area contributed by atoms with E-state index in [1.807, 2.05) is 113 Å². The number of ether oxygens (including phenoxy) is 2. The van der Waals surface area contributed by atoms with Crippen LogP contribution in [-0.2, 0) is 46.3 Å². The van der Waals surface area contributed by atoms with Crippen LogP contribution in [0.3, 0.4) is 0 Å². The van der Waals surface area contributed by atoms with Crippen LogP contribution in [-0.4, -0.2) is 157 Å². The molecule has 9 atom stereocenters. The van der Waals surface area contributed by atoms with Crippen molar-refractivity contribution < 1.29 is 61.6 Å². The van der Waals surface area contributed by atoms with Crippen LogP contribution in [0.1, 0.15) is 96.3 Å². The number of likely N-dealkylation sites (tertiary alicyclic amines) is 1. The summed E-state index contributed by atoms with van der Waals surface area (Å²) in [5, 5.41) is 25.5. The van der Waals surface area contributed by atoms with Crippen LogP contribution in [0.15, 0.2) is 66.2 Å². The van der Waals surface area contributed by atoms with Gasteiger partial charge in [0.05, 0.1) is 48.7 Å². The SMILES string of the molecule is CC[C@H](C)[C@@H]([C@@H](CC(=O)N1CCC[C@H]1[C@H](OC)[C@@H](C)C(=O)N[C@@H](Cc1ccccc1)c1nccs1)OC)N(C)C(=O)[C@@H](NC(=O)[C@H](C(C)C)N(C)CCc1ccc(N(C)C(=O)O)cc1)C(C)C.O=C(O)C(F)(F)F. The third-order valence-electron chi connectivity index (χ3n) is 13.8. The Balaban J connectivity index is 0.00000192. The van der Waals surface area contributed by atoms with Gasteiger partial charge in [-0.3, -0.25) is 29.0 Å². The van der Waals surface area contributed by atoms with Crippen LogP contribution in [0, 0.1) is 23.7 Å². The van der Waals surface area contributed by atoms with Crippen molar-refractivity contribution in [3.63, 3.8) is 0 Å². The van der Waals surface area contributed by atoms with Gasteiger partial charge < -0.3 is 40.1 Å². The van der Waals surface area contributed by atoms with E-state index in [9.17, 15) is 42.3 Å². The molecule has 17 nitrogen and oxygen atoms in total. The third-order valence-corrected chi connectivity index (χ3v) is 14.7. The first-order valence-corrected chi connectivity index (χ1v) is 25.9. The number of alkyl halides is 3. The number of carbonyl (C=O) groups excluding carboxylic acids is 4. The zero-order valence-corrected chi connectivity index (χ0v) is 45.6.